The third-order valence-electron chi connectivity index (χ3n) is 2.99. The van der Waals surface area contributed by atoms with Crippen molar-refractivity contribution in [1.29, 1.82) is 0 Å². The van der Waals surface area contributed by atoms with E-state index in [-0.39, 0.29) is 0 Å². The molecule has 0 aliphatic rings. The molecule has 2 aromatic rings. The van der Waals surface area contributed by atoms with Crippen molar-refractivity contribution < 1.29 is 0 Å². The average Bonchev–Trinajstić information content (AvgIpc) is 2.67. The number of nitrogens with one attached hydrogen (secondary N) is 1. The number of thioether (sulfide) groups is 1. The number of hydrogen-bond acceptors (Lipinski definition) is 4. The summed E-state index contributed by atoms with van der Waals surface area (Å²) in [6.45, 7) is 0. The second-order valence-corrected chi connectivity index (χ2v) is 5.60. The summed E-state index contributed by atoms with van der Waals surface area (Å²) < 4.78 is 0. The molecule has 25 heavy (non-hydrogen) atoms. The first-order chi connectivity index (χ1) is 12.4. The van der Waals surface area contributed by atoms with Crippen LogP contribution in [0, 0.1) is 0 Å². The van der Waals surface area contributed by atoms with Gasteiger partial charge in [-0.1, -0.05) is 84.6 Å². The molecule has 0 amide bonds. The number of nitrogens with zero attached hydrogens (tertiary/aromatic N) is 3. The minimum absolute atomic E-state index is 0.619. The van der Waals surface area contributed by atoms with Crippen LogP contribution in [0.25, 0.3) is 12.2 Å². The Hall–Kier alpha value is -2.92. The van der Waals surface area contributed by atoms with Crippen LogP contribution in [0.1, 0.15) is 11.1 Å². The van der Waals surface area contributed by atoms with Crippen molar-refractivity contribution in [2.24, 2.45) is 15.3 Å². The van der Waals surface area contributed by atoms with E-state index >= 15 is 0 Å². The summed E-state index contributed by atoms with van der Waals surface area (Å²) in [4.78, 5) is 0. The third kappa shape index (κ3) is 7.94. The Morgan fingerprint density at radius 1 is 0.840 bits per heavy atom. The molecule has 126 valence electrons. The van der Waals surface area contributed by atoms with Gasteiger partial charge in [0.1, 0.15) is 0 Å². The largest absolute Gasteiger partial charge is 0.254 e. The predicted octanol–water partition coefficient (Wildman–Crippen LogP) is 4.69. The second-order valence-electron chi connectivity index (χ2n) is 4.80. The average molecular weight is 348 g/mol. The van der Waals surface area contributed by atoms with Crippen LogP contribution in [0.3, 0.4) is 0 Å². The van der Waals surface area contributed by atoms with Crippen molar-refractivity contribution in [2.75, 3.05) is 6.26 Å². The summed E-state index contributed by atoms with van der Waals surface area (Å²) in [5.74, 6) is 0. The Bertz CT molecular complexity index is 763. The van der Waals surface area contributed by atoms with Gasteiger partial charge in [0.05, 0.1) is 0 Å². The van der Waals surface area contributed by atoms with Gasteiger partial charge < -0.3 is 0 Å². The van der Waals surface area contributed by atoms with E-state index in [9.17, 15) is 0 Å². The van der Waals surface area contributed by atoms with Crippen molar-refractivity contribution >= 4 is 41.5 Å². The lowest BCUT2D eigenvalue weighted by molar-refractivity contribution is 1.04. The highest BCUT2D eigenvalue weighted by molar-refractivity contribution is 8.13. The lowest BCUT2D eigenvalue weighted by Gasteiger charge is -1.97. The van der Waals surface area contributed by atoms with E-state index < -0.39 is 0 Å². The fourth-order valence-corrected chi connectivity index (χ4v) is 2.08. The van der Waals surface area contributed by atoms with Crippen LogP contribution in [0.4, 0.5) is 0 Å². The quantitative estimate of drug-likeness (QED) is 0.467. The smallest absolute Gasteiger partial charge is 0.203 e. The fourth-order valence-electron chi connectivity index (χ4n) is 1.81. The van der Waals surface area contributed by atoms with Crippen LogP contribution in [-0.2, 0) is 0 Å². The summed E-state index contributed by atoms with van der Waals surface area (Å²) in [6.07, 6.45) is 12.9. The maximum absolute atomic E-state index is 4.10. The highest BCUT2D eigenvalue weighted by atomic mass is 32.2. The predicted molar refractivity (Wildman–Crippen MR) is 112 cm³/mol. The van der Waals surface area contributed by atoms with Gasteiger partial charge in [0.25, 0.3) is 0 Å². The molecular formula is C20H20N4S. The molecule has 0 fully saturated rings. The van der Waals surface area contributed by atoms with Gasteiger partial charge in [0.15, 0.2) is 0 Å². The second kappa shape index (κ2) is 11.6. The topological polar surface area (TPSA) is 49.1 Å². The first-order valence-electron chi connectivity index (χ1n) is 7.76. The molecule has 0 saturated heterocycles. The zero-order chi connectivity index (χ0) is 17.6. The summed E-state index contributed by atoms with van der Waals surface area (Å²) in [6, 6.07) is 20.1. The van der Waals surface area contributed by atoms with Crippen LogP contribution in [0.2, 0.25) is 0 Å². The number of rotatable bonds is 6. The molecule has 1 N–H and O–H groups in total. The molecule has 0 bridgehead atoms. The highest BCUT2D eigenvalue weighted by Crippen LogP contribution is 2.01. The number of benzene rings is 2. The normalized spacial score (nSPS) is 12.8. The molecule has 0 atom stereocenters. The van der Waals surface area contributed by atoms with E-state index in [0.29, 0.717) is 5.17 Å². The van der Waals surface area contributed by atoms with Gasteiger partial charge >= 0.3 is 0 Å². The Balaban J connectivity index is 1.79. The molecule has 5 heteroatoms. The van der Waals surface area contributed by atoms with E-state index in [1.54, 1.807) is 12.4 Å². The van der Waals surface area contributed by atoms with Crippen LogP contribution in [0.5, 0.6) is 0 Å². The monoisotopic (exact) mass is 348 g/mol. The lowest BCUT2D eigenvalue weighted by atomic mass is 10.2. The van der Waals surface area contributed by atoms with E-state index in [1.165, 1.54) is 11.8 Å². The van der Waals surface area contributed by atoms with Crippen LogP contribution >= 0.6 is 11.8 Å². The van der Waals surface area contributed by atoms with E-state index in [2.05, 4.69) is 20.7 Å². The Morgan fingerprint density at radius 2 is 1.40 bits per heavy atom. The van der Waals surface area contributed by atoms with Gasteiger partial charge in [0, 0.05) is 12.4 Å². The van der Waals surface area contributed by atoms with E-state index in [4.69, 9.17) is 0 Å². The van der Waals surface area contributed by atoms with Gasteiger partial charge in [-0.05, 0) is 29.5 Å². The number of hydrazone groups is 1. The molecule has 2 rings (SSSR count). The van der Waals surface area contributed by atoms with Crippen LogP contribution < -0.4 is 5.43 Å². The molecule has 0 spiro atoms. The minimum atomic E-state index is 0.619. The van der Waals surface area contributed by atoms with Gasteiger partial charge in [-0.3, -0.25) is 5.43 Å². The summed E-state index contributed by atoms with van der Waals surface area (Å²) in [7, 11) is 0. The van der Waals surface area contributed by atoms with Crippen molar-refractivity contribution in [3.8, 4) is 0 Å². The van der Waals surface area contributed by atoms with Gasteiger partial charge in [-0.2, -0.15) is 10.2 Å². The standard InChI is InChI=1S/C20H20N4S/c1-25-20(23-21-16-8-14-18-10-4-2-5-11-18)24-22-17-9-15-19-12-6-3-7-13-19/h2-17H,1H3,(H,23,24)/b14-8+,15-9+,21-16+,22-17+. The summed E-state index contributed by atoms with van der Waals surface area (Å²) >= 11 is 1.44. The zero-order valence-corrected chi connectivity index (χ0v) is 14.8. The van der Waals surface area contributed by atoms with E-state index in [1.807, 2.05) is 91.2 Å². The zero-order valence-electron chi connectivity index (χ0n) is 14.0. The summed E-state index contributed by atoms with van der Waals surface area (Å²) in [5.41, 5.74) is 5.11. The molecule has 0 heterocycles. The van der Waals surface area contributed by atoms with Crippen molar-refractivity contribution in [2.45, 2.75) is 0 Å². The van der Waals surface area contributed by atoms with E-state index in [0.717, 1.165) is 11.1 Å². The molecule has 0 aliphatic carbocycles. The first-order valence-corrected chi connectivity index (χ1v) is 8.98. The molecule has 0 saturated carbocycles. The molecule has 0 aliphatic heterocycles. The fraction of sp³-hybridized carbons (Fsp3) is 0.0500. The molecular weight excluding hydrogens is 328 g/mol. The molecule has 0 radical (unpaired) electrons. The van der Waals surface area contributed by atoms with Gasteiger partial charge in [-0.25, -0.2) is 0 Å². The molecule has 2 aromatic carbocycles. The summed E-state index contributed by atoms with van der Waals surface area (Å²) in [5, 5.41) is 12.8. The molecule has 0 aromatic heterocycles. The molecule has 0 unspecified atom stereocenters. The maximum Gasteiger partial charge on any atom is 0.203 e. The van der Waals surface area contributed by atoms with Crippen LogP contribution in [0.15, 0.2) is 88.1 Å². The van der Waals surface area contributed by atoms with Gasteiger partial charge in [0.2, 0.25) is 5.17 Å². The SMILES string of the molecule is CS/C(=N/N=C/C=C/c1ccccc1)N/N=C/C=C/c1ccccc1. The highest BCUT2D eigenvalue weighted by Gasteiger charge is 1.91. The minimum Gasteiger partial charge on any atom is -0.254 e. The Kier molecular flexibility index (Phi) is 8.54. The van der Waals surface area contributed by atoms with Gasteiger partial charge in [-0.15, -0.1) is 5.10 Å². The number of allylic oxidation sites excluding steroid dienone is 2. The van der Waals surface area contributed by atoms with Crippen LogP contribution in [-0.4, -0.2) is 23.9 Å². The number of amidine groups is 1. The number of hydrogen-bond donors (Lipinski definition) is 1. The first kappa shape index (κ1) is 18.4. The van der Waals surface area contributed by atoms with Crippen molar-refractivity contribution in [3.05, 3.63) is 83.9 Å². The van der Waals surface area contributed by atoms with Crippen molar-refractivity contribution in [3.63, 3.8) is 0 Å². The Labute approximate surface area is 152 Å². The van der Waals surface area contributed by atoms with Crippen molar-refractivity contribution in [1.82, 2.24) is 5.43 Å². The Morgan fingerprint density at radius 3 is 1.96 bits per heavy atom. The lowest BCUT2D eigenvalue weighted by Crippen LogP contribution is -2.12. The maximum atomic E-state index is 4.10. The molecule has 4 nitrogen and oxygen atoms in total. The third-order valence-corrected chi connectivity index (χ3v) is 3.55.